The van der Waals surface area contributed by atoms with Gasteiger partial charge >= 0.3 is 5.97 Å². The lowest BCUT2D eigenvalue weighted by Crippen LogP contribution is -2.25. The molecule has 1 rings (SSSR count). The molecular formula is C10H10BrFO3. The molecule has 0 amide bonds. The van der Waals surface area contributed by atoms with Crippen LogP contribution in [-0.2, 0) is 16.0 Å². The molecule has 0 radical (unpaired) electrons. The maximum Gasteiger partial charge on any atom is 0.333 e. The van der Waals surface area contributed by atoms with Crippen molar-refractivity contribution in [2.45, 2.75) is 12.5 Å². The van der Waals surface area contributed by atoms with E-state index >= 15 is 0 Å². The first-order valence-corrected chi connectivity index (χ1v) is 5.03. The Labute approximate surface area is 95.0 Å². The monoisotopic (exact) mass is 276 g/mol. The van der Waals surface area contributed by atoms with Crippen molar-refractivity contribution in [1.29, 1.82) is 0 Å². The van der Waals surface area contributed by atoms with E-state index in [1.54, 1.807) is 6.07 Å². The molecule has 82 valence electrons. The lowest BCUT2D eigenvalue weighted by molar-refractivity contribution is -0.148. The molecule has 3 nitrogen and oxygen atoms in total. The molecule has 0 spiro atoms. The highest BCUT2D eigenvalue weighted by Crippen LogP contribution is 2.17. The van der Waals surface area contributed by atoms with Gasteiger partial charge in [0.1, 0.15) is 5.82 Å². The fraction of sp³-hybridized carbons (Fsp3) is 0.300. The van der Waals surface area contributed by atoms with Gasteiger partial charge in [-0.05, 0) is 17.7 Å². The number of halogens is 2. The Bertz CT molecular complexity index is 368. The Morgan fingerprint density at radius 1 is 1.67 bits per heavy atom. The predicted molar refractivity (Wildman–Crippen MR) is 56.2 cm³/mol. The van der Waals surface area contributed by atoms with Gasteiger partial charge in [-0.15, -0.1) is 0 Å². The Morgan fingerprint density at radius 3 is 2.80 bits per heavy atom. The van der Waals surface area contributed by atoms with Crippen molar-refractivity contribution in [2.75, 3.05) is 7.11 Å². The average molecular weight is 277 g/mol. The van der Waals surface area contributed by atoms with Gasteiger partial charge in [0, 0.05) is 18.0 Å². The first-order valence-electron chi connectivity index (χ1n) is 4.24. The summed E-state index contributed by atoms with van der Waals surface area (Å²) in [7, 11) is 1.29. The number of hydrogen-bond acceptors (Lipinski definition) is 2. The highest BCUT2D eigenvalue weighted by molar-refractivity contribution is 9.10. The lowest BCUT2D eigenvalue weighted by Gasteiger charge is -2.10. The molecule has 0 aliphatic carbocycles. The van der Waals surface area contributed by atoms with Crippen molar-refractivity contribution in [2.24, 2.45) is 0 Å². The first kappa shape index (κ1) is 12.1. The molecule has 5 heteroatoms. The van der Waals surface area contributed by atoms with Crippen molar-refractivity contribution < 1.29 is 19.0 Å². The van der Waals surface area contributed by atoms with Crippen LogP contribution in [0.5, 0.6) is 0 Å². The zero-order chi connectivity index (χ0) is 11.4. The van der Waals surface area contributed by atoms with E-state index < -0.39 is 17.9 Å². The third-order valence-electron chi connectivity index (χ3n) is 1.98. The zero-order valence-electron chi connectivity index (χ0n) is 8.04. The van der Waals surface area contributed by atoms with Crippen LogP contribution in [0.4, 0.5) is 4.39 Å². The van der Waals surface area contributed by atoms with Gasteiger partial charge in [-0.25, -0.2) is 9.18 Å². The summed E-state index contributed by atoms with van der Waals surface area (Å²) in [5.41, 5.74) is 0.326. The second-order valence-electron chi connectivity index (χ2n) is 3.00. The summed E-state index contributed by atoms with van der Waals surface area (Å²) in [5, 5.41) is 8.72. The van der Waals surface area contributed by atoms with E-state index in [-0.39, 0.29) is 6.42 Å². The second-order valence-corrected chi connectivity index (χ2v) is 3.92. The van der Waals surface area contributed by atoms with Crippen LogP contribution in [0.2, 0.25) is 0 Å². The number of benzene rings is 1. The highest BCUT2D eigenvalue weighted by Gasteiger charge is 2.18. The van der Waals surface area contributed by atoms with Crippen LogP contribution in [0, 0.1) is 5.82 Å². The molecule has 1 atom stereocenters. The van der Waals surface area contributed by atoms with Crippen LogP contribution >= 0.6 is 15.9 Å². The zero-order valence-corrected chi connectivity index (χ0v) is 9.62. The van der Waals surface area contributed by atoms with Gasteiger partial charge in [-0.1, -0.05) is 22.0 Å². The maximum atomic E-state index is 13.3. The summed E-state index contributed by atoms with van der Waals surface area (Å²) in [6.07, 6.45) is -0.994. The third-order valence-corrected chi connectivity index (χ3v) is 2.47. The maximum absolute atomic E-state index is 13.3. The largest absolute Gasteiger partial charge is 0.479 e. The Balaban J connectivity index is 2.84. The fourth-order valence-electron chi connectivity index (χ4n) is 1.16. The Kier molecular flexibility index (Phi) is 4.23. The Hall–Kier alpha value is -0.940. The number of carbonyl (C=O) groups is 1. The van der Waals surface area contributed by atoms with Crippen LogP contribution in [0.25, 0.3) is 0 Å². The normalized spacial score (nSPS) is 12.5. The fourth-order valence-corrected chi connectivity index (χ4v) is 1.49. The number of carboxylic acids is 1. The molecule has 0 aliphatic rings. The smallest absolute Gasteiger partial charge is 0.333 e. The molecule has 1 aromatic carbocycles. The van der Waals surface area contributed by atoms with Crippen LogP contribution in [0.15, 0.2) is 22.7 Å². The van der Waals surface area contributed by atoms with Crippen LogP contribution < -0.4 is 0 Å². The molecule has 15 heavy (non-hydrogen) atoms. The van der Waals surface area contributed by atoms with Crippen molar-refractivity contribution in [1.82, 2.24) is 0 Å². The van der Waals surface area contributed by atoms with Gasteiger partial charge < -0.3 is 9.84 Å². The van der Waals surface area contributed by atoms with Gasteiger partial charge in [0.05, 0.1) is 0 Å². The molecule has 0 saturated carbocycles. The second kappa shape index (κ2) is 5.23. The standard InChI is InChI=1S/C10H10BrFO3/c1-15-9(10(13)14)4-6-2-3-7(11)5-8(6)12/h2-3,5,9H,4H2,1H3,(H,13,14). The van der Waals surface area contributed by atoms with Gasteiger partial charge in [-0.2, -0.15) is 0 Å². The van der Waals surface area contributed by atoms with Crippen LogP contribution in [-0.4, -0.2) is 24.3 Å². The molecular weight excluding hydrogens is 267 g/mol. The highest BCUT2D eigenvalue weighted by atomic mass is 79.9. The Morgan fingerprint density at radius 2 is 2.33 bits per heavy atom. The van der Waals surface area contributed by atoms with Crippen molar-refractivity contribution in [3.63, 3.8) is 0 Å². The van der Waals surface area contributed by atoms with E-state index in [1.807, 2.05) is 0 Å². The number of ether oxygens (including phenoxy) is 1. The molecule has 0 fully saturated rings. The van der Waals surface area contributed by atoms with Crippen LogP contribution in [0.3, 0.4) is 0 Å². The number of rotatable bonds is 4. The predicted octanol–water partition coefficient (Wildman–Crippen LogP) is 2.23. The average Bonchev–Trinajstić information content (AvgIpc) is 2.16. The minimum absolute atomic E-state index is 0.0188. The van der Waals surface area contributed by atoms with E-state index in [2.05, 4.69) is 15.9 Å². The summed E-state index contributed by atoms with van der Waals surface area (Å²) in [5.74, 6) is -1.53. The molecule has 1 N–H and O–H groups in total. The first-order chi connectivity index (χ1) is 7.04. The third kappa shape index (κ3) is 3.28. The lowest BCUT2D eigenvalue weighted by atomic mass is 10.1. The molecule has 1 aromatic rings. The van der Waals surface area contributed by atoms with Gasteiger partial charge in [0.25, 0.3) is 0 Å². The quantitative estimate of drug-likeness (QED) is 0.918. The van der Waals surface area contributed by atoms with Gasteiger partial charge in [0.15, 0.2) is 6.10 Å². The number of aliphatic carboxylic acids is 1. The van der Waals surface area contributed by atoms with E-state index in [0.29, 0.717) is 10.0 Å². The molecule has 0 aliphatic heterocycles. The van der Waals surface area contributed by atoms with Gasteiger partial charge in [-0.3, -0.25) is 0 Å². The van der Waals surface area contributed by atoms with Crippen molar-refractivity contribution in [3.8, 4) is 0 Å². The topological polar surface area (TPSA) is 46.5 Å². The number of methoxy groups -OCH3 is 1. The minimum Gasteiger partial charge on any atom is -0.479 e. The van der Waals surface area contributed by atoms with E-state index in [4.69, 9.17) is 9.84 Å². The van der Waals surface area contributed by atoms with Crippen LogP contribution in [0.1, 0.15) is 5.56 Å². The molecule has 0 saturated heterocycles. The summed E-state index contributed by atoms with van der Waals surface area (Å²) >= 11 is 3.12. The van der Waals surface area contributed by atoms with Gasteiger partial charge in [0.2, 0.25) is 0 Å². The minimum atomic E-state index is -1.10. The summed E-state index contributed by atoms with van der Waals surface area (Å²) in [4.78, 5) is 10.7. The number of carboxylic acid groups (broad SMARTS) is 1. The van der Waals surface area contributed by atoms with E-state index in [9.17, 15) is 9.18 Å². The SMILES string of the molecule is COC(Cc1ccc(Br)cc1F)C(=O)O. The van der Waals surface area contributed by atoms with E-state index in [0.717, 1.165) is 0 Å². The van der Waals surface area contributed by atoms with Crippen molar-refractivity contribution >= 4 is 21.9 Å². The molecule has 1 unspecified atom stereocenters. The molecule has 0 aromatic heterocycles. The molecule has 0 bridgehead atoms. The summed E-state index contributed by atoms with van der Waals surface area (Å²) in [6.45, 7) is 0. The van der Waals surface area contributed by atoms with Crippen molar-refractivity contribution in [3.05, 3.63) is 34.1 Å². The number of hydrogen-bond donors (Lipinski definition) is 1. The summed E-state index contributed by atoms with van der Waals surface area (Å²) < 4.78 is 18.7. The molecule has 0 heterocycles. The van der Waals surface area contributed by atoms with E-state index in [1.165, 1.54) is 19.2 Å². The summed E-state index contributed by atoms with van der Waals surface area (Å²) in [6, 6.07) is 4.49.